The van der Waals surface area contributed by atoms with Crippen molar-refractivity contribution in [2.24, 2.45) is 0 Å². The van der Waals surface area contributed by atoms with Crippen LogP contribution in [0.2, 0.25) is 0 Å². The summed E-state index contributed by atoms with van der Waals surface area (Å²) in [7, 11) is 0. The highest BCUT2D eigenvalue weighted by Crippen LogP contribution is 2.22. The van der Waals surface area contributed by atoms with Crippen molar-refractivity contribution < 1.29 is 0 Å². The number of likely N-dealkylation sites (N-methyl/N-ethyl adjacent to an activating group) is 1. The third-order valence-corrected chi connectivity index (χ3v) is 3.45. The Hall–Kier alpha value is -1.39. The van der Waals surface area contributed by atoms with Gasteiger partial charge in [-0.1, -0.05) is 13.0 Å². The molecule has 0 aliphatic carbocycles. The molecule has 0 bridgehead atoms. The first-order chi connectivity index (χ1) is 8.31. The molecule has 0 aliphatic rings. The van der Waals surface area contributed by atoms with Crippen molar-refractivity contribution in [3.05, 3.63) is 46.3 Å². The van der Waals surface area contributed by atoms with Gasteiger partial charge in [0.25, 0.3) is 0 Å². The van der Waals surface area contributed by atoms with Crippen LogP contribution in [0.1, 0.15) is 24.1 Å². The Kier molecular flexibility index (Phi) is 4.12. The molecule has 0 amide bonds. The molecular weight excluding hydrogens is 230 g/mol. The van der Waals surface area contributed by atoms with E-state index in [9.17, 15) is 0 Å². The highest BCUT2D eigenvalue weighted by atomic mass is 32.1. The average Bonchev–Trinajstić information content (AvgIpc) is 2.85. The quantitative estimate of drug-likeness (QED) is 0.854. The number of rotatable bonds is 5. The zero-order valence-corrected chi connectivity index (χ0v) is 10.7. The number of pyridine rings is 1. The normalized spacial score (nSPS) is 12.5. The molecule has 0 saturated heterocycles. The van der Waals surface area contributed by atoms with Crippen LogP contribution >= 0.6 is 11.3 Å². The standard InChI is InChI=1S/C13H17N3S/c1-2-15-12(11-5-7-17-9-11)8-10-4-3-6-16-13(10)14/h3-7,9,12,15H,2,8H2,1H3,(H2,14,16). The summed E-state index contributed by atoms with van der Waals surface area (Å²) in [6.45, 7) is 3.06. The molecule has 0 aromatic carbocycles. The second kappa shape index (κ2) is 5.80. The van der Waals surface area contributed by atoms with Crippen molar-refractivity contribution in [2.45, 2.75) is 19.4 Å². The lowest BCUT2D eigenvalue weighted by molar-refractivity contribution is 0.551. The first-order valence-corrected chi connectivity index (χ1v) is 6.70. The van der Waals surface area contributed by atoms with Gasteiger partial charge >= 0.3 is 0 Å². The molecule has 2 rings (SSSR count). The Bertz CT molecular complexity index is 453. The Labute approximate surface area is 106 Å². The van der Waals surface area contributed by atoms with E-state index in [0.29, 0.717) is 11.9 Å². The highest BCUT2D eigenvalue weighted by Gasteiger charge is 2.13. The molecule has 4 heteroatoms. The van der Waals surface area contributed by atoms with E-state index >= 15 is 0 Å². The van der Waals surface area contributed by atoms with Gasteiger partial charge in [0.05, 0.1) is 0 Å². The van der Waals surface area contributed by atoms with Crippen LogP contribution in [0, 0.1) is 0 Å². The lowest BCUT2D eigenvalue weighted by Gasteiger charge is -2.17. The molecule has 2 aromatic heterocycles. The third-order valence-electron chi connectivity index (χ3n) is 2.75. The molecule has 1 atom stereocenters. The fraction of sp³-hybridized carbons (Fsp3) is 0.308. The summed E-state index contributed by atoms with van der Waals surface area (Å²) in [6.07, 6.45) is 2.61. The van der Waals surface area contributed by atoms with Crippen molar-refractivity contribution >= 4 is 17.2 Å². The highest BCUT2D eigenvalue weighted by molar-refractivity contribution is 7.07. The Morgan fingerprint density at radius 1 is 1.47 bits per heavy atom. The number of hydrogen-bond donors (Lipinski definition) is 2. The van der Waals surface area contributed by atoms with Crippen molar-refractivity contribution in [2.75, 3.05) is 12.3 Å². The zero-order valence-electron chi connectivity index (χ0n) is 9.89. The predicted octanol–water partition coefficient (Wildman–Crippen LogP) is 2.62. The maximum Gasteiger partial charge on any atom is 0.126 e. The summed E-state index contributed by atoms with van der Waals surface area (Å²) in [4.78, 5) is 4.13. The van der Waals surface area contributed by atoms with Gasteiger partial charge < -0.3 is 11.1 Å². The topological polar surface area (TPSA) is 50.9 Å². The van der Waals surface area contributed by atoms with E-state index in [2.05, 4.69) is 34.1 Å². The second-order valence-corrected chi connectivity index (χ2v) is 4.70. The van der Waals surface area contributed by atoms with E-state index in [0.717, 1.165) is 18.5 Å². The molecule has 0 saturated carbocycles. The summed E-state index contributed by atoms with van der Waals surface area (Å²) in [5, 5.41) is 7.77. The molecular formula is C13H17N3S. The fourth-order valence-electron chi connectivity index (χ4n) is 1.87. The minimum Gasteiger partial charge on any atom is -0.383 e. The van der Waals surface area contributed by atoms with Gasteiger partial charge in [-0.05, 0) is 47.0 Å². The summed E-state index contributed by atoms with van der Waals surface area (Å²) >= 11 is 1.72. The molecule has 2 aromatic rings. The van der Waals surface area contributed by atoms with Gasteiger partial charge in [-0.2, -0.15) is 11.3 Å². The summed E-state index contributed by atoms with van der Waals surface area (Å²) < 4.78 is 0. The van der Waals surface area contributed by atoms with Crippen LogP contribution in [-0.4, -0.2) is 11.5 Å². The monoisotopic (exact) mass is 247 g/mol. The number of nitrogens with zero attached hydrogens (tertiary/aromatic N) is 1. The van der Waals surface area contributed by atoms with E-state index < -0.39 is 0 Å². The first kappa shape index (κ1) is 12.1. The SMILES string of the molecule is CCNC(Cc1cccnc1N)c1ccsc1. The minimum atomic E-state index is 0.317. The van der Waals surface area contributed by atoms with Crippen LogP contribution < -0.4 is 11.1 Å². The summed E-state index contributed by atoms with van der Waals surface area (Å²) in [5.41, 5.74) is 8.30. The van der Waals surface area contributed by atoms with E-state index in [1.807, 2.05) is 12.1 Å². The molecule has 0 fully saturated rings. The Morgan fingerprint density at radius 3 is 3.00 bits per heavy atom. The maximum absolute atomic E-state index is 5.88. The molecule has 2 heterocycles. The van der Waals surface area contributed by atoms with Gasteiger partial charge in [-0.15, -0.1) is 0 Å². The van der Waals surface area contributed by atoms with E-state index in [1.165, 1.54) is 5.56 Å². The van der Waals surface area contributed by atoms with Crippen molar-refractivity contribution in [1.82, 2.24) is 10.3 Å². The van der Waals surface area contributed by atoms with E-state index in [1.54, 1.807) is 17.5 Å². The molecule has 0 aliphatic heterocycles. The van der Waals surface area contributed by atoms with Crippen LogP contribution in [0.4, 0.5) is 5.82 Å². The smallest absolute Gasteiger partial charge is 0.126 e. The van der Waals surface area contributed by atoms with Crippen LogP contribution in [0.15, 0.2) is 35.2 Å². The number of nitrogen functional groups attached to an aromatic ring is 1. The van der Waals surface area contributed by atoms with Crippen LogP contribution in [0.3, 0.4) is 0 Å². The van der Waals surface area contributed by atoms with Gasteiger partial charge in [0, 0.05) is 12.2 Å². The summed E-state index contributed by atoms with van der Waals surface area (Å²) in [6, 6.07) is 6.45. The van der Waals surface area contributed by atoms with Crippen molar-refractivity contribution in [3.8, 4) is 0 Å². The van der Waals surface area contributed by atoms with Crippen LogP contribution in [0.5, 0.6) is 0 Å². The van der Waals surface area contributed by atoms with Gasteiger partial charge in [-0.3, -0.25) is 0 Å². The summed E-state index contributed by atoms with van der Waals surface area (Å²) in [5.74, 6) is 0.630. The van der Waals surface area contributed by atoms with Crippen molar-refractivity contribution in [1.29, 1.82) is 0 Å². The first-order valence-electron chi connectivity index (χ1n) is 5.76. The number of hydrogen-bond acceptors (Lipinski definition) is 4. The number of nitrogens with one attached hydrogen (secondary N) is 1. The van der Waals surface area contributed by atoms with Gasteiger partial charge in [-0.25, -0.2) is 4.98 Å². The number of thiophene rings is 1. The number of anilines is 1. The maximum atomic E-state index is 5.88. The average molecular weight is 247 g/mol. The van der Waals surface area contributed by atoms with Crippen LogP contribution in [0.25, 0.3) is 0 Å². The fourth-order valence-corrected chi connectivity index (χ4v) is 2.59. The molecule has 17 heavy (non-hydrogen) atoms. The molecule has 90 valence electrons. The Balaban J connectivity index is 2.16. The molecule has 1 unspecified atom stereocenters. The molecule has 0 radical (unpaired) electrons. The largest absolute Gasteiger partial charge is 0.383 e. The van der Waals surface area contributed by atoms with E-state index in [-0.39, 0.29) is 0 Å². The number of aromatic nitrogens is 1. The van der Waals surface area contributed by atoms with Crippen molar-refractivity contribution in [3.63, 3.8) is 0 Å². The van der Waals surface area contributed by atoms with Gasteiger partial charge in [0.1, 0.15) is 5.82 Å². The van der Waals surface area contributed by atoms with Crippen LogP contribution in [-0.2, 0) is 6.42 Å². The second-order valence-electron chi connectivity index (χ2n) is 3.92. The third kappa shape index (κ3) is 3.05. The lowest BCUT2D eigenvalue weighted by atomic mass is 10.0. The molecule has 3 N–H and O–H groups in total. The lowest BCUT2D eigenvalue weighted by Crippen LogP contribution is -2.23. The van der Waals surface area contributed by atoms with E-state index in [4.69, 9.17) is 5.73 Å². The molecule has 3 nitrogen and oxygen atoms in total. The van der Waals surface area contributed by atoms with Gasteiger partial charge in [0.15, 0.2) is 0 Å². The minimum absolute atomic E-state index is 0.317. The zero-order chi connectivity index (χ0) is 12.1. The Morgan fingerprint density at radius 2 is 2.35 bits per heavy atom. The molecule has 0 spiro atoms. The van der Waals surface area contributed by atoms with Gasteiger partial charge in [0.2, 0.25) is 0 Å². The predicted molar refractivity (Wildman–Crippen MR) is 73.1 cm³/mol. The number of nitrogens with two attached hydrogens (primary N) is 1.